The monoisotopic (exact) mass is 384 g/mol. The third-order valence-corrected chi connectivity index (χ3v) is 6.09. The number of nitrogens with zero attached hydrogens (tertiary/aromatic N) is 2. The number of carbonyl (C=O) groups excluding carboxylic acids is 1. The van der Waals surface area contributed by atoms with Crippen LogP contribution in [-0.2, 0) is 4.79 Å². The van der Waals surface area contributed by atoms with Gasteiger partial charge in [0, 0.05) is 32.1 Å². The zero-order chi connectivity index (χ0) is 18.4. The Balaban J connectivity index is 1.80. The maximum Gasteiger partial charge on any atom is 0.222 e. The van der Waals surface area contributed by atoms with E-state index in [0.29, 0.717) is 28.4 Å². The number of hydrogen-bond acceptors (Lipinski definition) is 2. The molecule has 1 amide bonds. The summed E-state index contributed by atoms with van der Waals surface area (Å²) in [5, 5.41) is 1.24. The molecule has 0 radical (unpaired) electrons. The SMILES string of the molecule is CCC(=O)N(CC)C1CCN(CCC(C)c2ccc(Cl)c(Cl)c2)CC1. The van der Waals surface area contributed by atoms with Gasteiger partial charge in [-0.1, -0.05) is 43.1 Å². The Hall–Kier alpha value is -0.770. The van der Waals surface area contributed by atoms with Gasteiger partial charge < -0.3 is 9.80 Å². The van der Waals surface area contributed by atoms with E-state index in [1.54, 1.807) is 0 Å². The number of piperidine rings is 1. The molecule has 1 heterocycles. The van der Waals surface area contributed by atoms with Gasteiger partial charge in [0.05, 0.1) is 10.0 Å². The molecule has 1 aromatic rings. The highest BCUT2D eigenvalue weighted by Crippen LogP contribution is 2.28. The fourth-order valence-electron chi connectivity index (χ4n) is 3.66. The molecular formula is C20H30Cl2N2O. The first-order valence-corrected chi connectivity index (χ1v) is 10.2. The minimum atomic E-state index is 0.286. The minimum absolute atomic E-state index is 0.286. The van der Waals surface area contributed by atoms with E-state index in [4.69, 9.17) is 23.2 Å². The van der Waals surface area contributed by atoms with Crippen molar-refractivity contribution >= 4 is 29.1 Å². The molecule has 0 aliphatic carbocycles. The number of rotatable bonds is 7. The molecule has 1 aliphatic heterocycles. The lowest BCUT2D eigenvalue weighted by Gasteiger charge is -2.38. The van der Waals surface area contributed by atoms with E-state index in [9.17, 15) is 4.79 Å². The number of amides is 1. The Bertz CT molecular complexity index is 571. The normalized spacial score (nSPS) is 17.5. The average molecular weight is 385 g/mol. The van der Waals surface area contributed by atoms with Gasteiger partial charge in [-0.2, -0.15) is 0 Å². The summed E-state index contributed by atoms with van der Waals surface area (Å²) in [5.74, 6) is 0.746. The summed E-state index contributed by atoms with van der Waals surface area (Å²) < 4.78 is 0. The van der Waals surface area contributed by atoms with Crippen LogP contribution in [0.4, 0.5) is 0 Å². The first-order chi connectivity index (χ1) is 12.0. The van der Waals surface area contributed by atoms with Crippen LogP contribution in [0.2, 0.25) is 10.0 Å². The van der Waals surface area contributed by atoms with Crippen LogP contribution in [0.25, 0.3) is 0 Å². The summed E-state index contributed by atoms with van der Waals surface area (Å²) in [5.41, 5.74) is 1.25. The lowest BCUT2D eigenvalue weighted by Crippen LogP contribution is -2.47. The Labute approximate surface area is 162 Å². The van der Waals surface area contributed by atoms with Crippen LogP contribution in [0.3, 0.4) is 0 Å². The van der Waals surface area contributed by atoms with E-state index >= 15 is 0 Å². The molecule has 1 aliphatic rings. The molecule has 0 N–H and O–H groups in total. The fourth-order valence-corrected chi connectivity index (χ4v) is 3.96. The lowest BCUT2D eigenvalue weighted by molar-refractivity contribution is -0.133. The molecule has 1 atom stereocenters. The van der Waals surface area contributed by atoms with Crippen LogP contribution in [0.5, 0.6) is 0 Å². The molecule has 0 spiro atoms. The maximum absolute atomic E-state index is 12.0. The molecular weight excluding hydrogens is 355 g/mol. The molecule has 1 fully saturated rings. The third kappa shape index (κ3) is 5.60. The Kier molecular flexibility index (Phi) is 8.05. The second kappa shape index (κ2) is 9.80. The van der Waals surface area contributed by atoms with Crippen LogP contribution in [0.1, 0.15) is 57.9 Å². The molecule has 0 saturated carbocycles. The number of carbonyl (C=O) groups is 1. The largest absolute Gasteiger partial charge is 0.340 e. The molecule has 1 aromatic carbocycles. The lowest BCUT2D eigenvalue weighted by atomic mass is 9.96. The Morgan fingerprint density at radius 3 is 2.48 bits per heavy atom. The summed E-state index contributed by atoms with van der Waals surface area (Å²) in [4.78, 5) is 16.6. The fraction of sp³-hybridized carbons (Fsp3) is 0.650. The van der Waals surface area contributed by atoms with Crippen molar-refractivity contribution in [3.8, 4) is 0 Å². The topological polar surface area (TPSA) is 23.6 Å². The first-order valence-electron chi connectivity index (χ1n) is 9.43. The first kappa shape index (κ1) is 20.5. The van der Waals surface area contributed by atoms with E-state index in [-0.39, 0.29) is 5.91 Å². The van der Waals surface area contributed by atoms with Crippen LogP contribution in [0, 0.1) is 0 Å². The summed E-state index contributed by atoms with van der Waals surface area (Å²) >= 11 is 12.1. The van der Waals surface area contributed by atoms with E-state index in [1.807, 2.05) is 19.1 Å². The van der Waals surface area contributed by atoms with Crippen LogP contribution in [-0.4, -0.2) is 47.9 Å². The van der Waals surface area contributed by atoms with Gasteiger partial charge in [-0.15, -0.1) is 0 Å². The zero-order valence-electron chi connectivity index (χ0n) is 15.6. The summed E-state index contributed by atoms with van der Waals surface area (Å²) in [6, 6.07) is 6.35. The molecule has 5 heteroatoms. The van der Waals surface area contributed by atoms with Crippen molar-refractivity contribution in [2.75, 3.05) is 26.2 Å². The van der Waals surface area contributed by atoms with Crippen molar-refractivity contribution in [2.45, 2.75) is 58.4 Å². The molecule has 2 rings (SSSR count). The van der Waals surface area contributed by atoms with Gasteiger partial charge in [0.1, 0.15) is 0 Å². The third-order valence-electron chi connectivity index (χ3n) is 5.35. The summed E-state index contributed by atoms with van der Waals surface area (Å²) in [6.45, 7) is 10.3. The molecule has 140 valence electrons. The highest BCUT2D eigenvalue weighted by molar-refractivity contribution is 6.42. The van der Waals surface area contributed by atoms with Gasteiger partial charge >= 0.3 is 0 Å². The minimum Gasteiger partial charge on any atom is -0.340 e. The molecule has 0 bridgehead atoms. The van der Waals surface area contributed by atoms with Gasteiger partial charge in [-0.3, -0.25) is 4.79 Å². The van der Waals surface area contributed by atoms with Gasteiger partial charge in [0.25, 0.3) is 0 Å². The van der Waals surface area contributed by atoms with Crippen LogP contribution in [0.15, 0.2) is 18.2 Å². The number of benzene rings is 1. The molecule has 1 unspecified atom stereocenters. The molecule has 3 nitrogen and oxygen atoms in total. The maximum atomic E-state index is 12.0. The Morgan fingerprint density at radius 2 is 1.92 bits per heavy atom. The smallest absolute Gasteiger partial charge is 0.222 e. The Morgan fingerprint density at radius 1 is 1.24 bits per heavy atom. The quantitative estimate of drug-likeness (QED) is 0.643. The summed E-state index contributed by atoms with van der Waals surface area (Å²) in [7, 11) is 0. The van der Waals surface area contributed by atoms with Crippen molar-refractivity contribution in [2.24, 2.45) is 0 Å². The van der Waals surface area contributed by atoms with Crippen LogP contribution < -0.4 is 0 Å². The second-order valence-corrected chi connectivity index (χ2v) is 7.78. The van der Waals surface area contributed by atoms with Gasteiger partial charge in [0.2, 0.25) is 5.91 Å². The zero-order valence-corrected chi connectivity index (χ0v) is 17.1. The van der Waals surface area contributed by atoms with Gasteiger partial charge in [-0.25, -0.2) is 0 Å². The molecule has 0 aromatic heterocycles. The van der Waals surface area contributed by atoms with E-state index in [2.05, 4.69) is 29.7 Å². The number of hydrogen-bond donors (Lipinski definition) is 0. The van der Waals surface area contributed by atoms with Crippen molar-refractivity contribution in [3.63, 3.8) is 0 Å². The molecule has 25 heavy (non-hydrogen) atoms. The summed E-state index contributed by atoms with van der Waals surface area (Å²) in [6.07, 6.45) is 3.88. The standard InChI is InChI=1S/C20H30Cl2N2O/c1-4-20(25)24(5-2)17-9-12-23(13-10-17)11-8-15(3)16-6-7-18(21)19(22)14-16/h6-7,14-15,17H,4-5,8-13H2,1-3H3. The predicted molar refractivity (Wildman–Crippen MR) is 107 cm³/mol. The van der Waals surface area contributed by atoms with Crippen molar-refractivity contribution < 1.29 is 4.79 Å². The van der Waals surface area contributed by atoms with Gasteiger partial charge in [-0.05, 0) is 56.3 Å². The number of halogens is 2. The predicted octanol–water partition coefficient (Wildman–Crippen LogP) is 5.21. The highest BCUT2D eigenvalue weighted by Gasteiger charge is 2.26. The van der Waals surface area contributed by atoms with Crippen molar-refractivity contribution in [1.82, 2.24) is 9.80 Å². The van der Waals surface area contributed by atoms with Crippen molar-refractivity contribution in [3.05, 3.63) is 33.8 Å². The highest BCUT2D eigenvalue weighted by atomic mass is 35.5. The van der Waals surface area contributed by atoms with E-state index in [1.165, 1.54) is 5.56 Å². The van der Waals surface area contributed by atoms with Crippen LogP contribution >= 0.6 is 23.2 Å². The second-order valence-electron chi connectivity index (χ2n) is 6.97. The van der Waals surface area contributed by atoms with E-state index < -0.39 is 0 Å². The van der Waals surface area contributed by atoms with E-state index in [0.717, 1.165) is 45.4 Å². The number of likely N-dealkylation sites (tertiary alicyclic amines) is 1. The van der Waals surface area contributed by atoms with Crippen molar-refractivity contribution in [1.29, 1.82) is 0 Å². The molecule has 1 saturated heterocycles. The van der Waals surface area contributed by atoms with Gasteiger partial charge in [0.15, 0.2) is 0 Å². The average Bonchev–Trinajstić information content (AvgIpc) is 2.63.